The fraction of sp³-hybridized carbons (Fsp3) is 0.167. The predicted molar refractivity (Wildman–Crippen MR) is 96.8 cm³/mol. The van der Waals surface area contributed by atoms with E-state index in [9.17, 15) is 13.2 Å². The molecule has 3 rings (SSSR count). The summed E-state index contributed by atoms with van der Waals surface area (Å²) < 4.78 is 47.3. The number of hydrogen-bond acceptors (Lipinski definition) is 2. The maximum absolute atomic E-state index is 13.2. The first-order valence-corrected chi connectivity index (χ1v) is 8.72. The van der Waals surface area contributed by atoms with Crippen LogP contribution in [0.1, 0.15) is 17.1 Å². The van der Waals surface area contributed by atoms with Gasteiger partial charge in [-0.15, -0.1) is 0 Å². The van der Waals surface area contributed by atoms with E-state index in [0.717, 1.165) is 16.2 Å². The van der Waals surface area contributed by atoms with Crippen molar-refractivity contribution in [1.29, 1.82) is 0 Å². The number of benzene rings is 2. The molecular formula is C18H13BrClF3N2O. The number of para-hydroxylation sites is 1. The lowest BCUT2D eigenvalue weighted by molar-refractivity contribution is -0.141. The van der Waals surface area contributed by atoms with Crippen LogP contribution in [0.2, 0.25) is 5.02 Å². The summed E-state index contributed by atoms with van der Waals surface area (Å²) in [6.07, 6.45) is -3.62. The monoisotopic (exact) mass is 444 g/mol. The van der Waals surface area contributed by atoms with Crippen LogP contribution >= 0.6 is 27.5 Å². The molecule has 8 heteroatoms. The number of imidazole rings is 1. The van der Waals surface area contributed by atoms with Crippen LogP contribution in [0, 0.1) is 6.92 Å². The van der Waals surface area contributed by atoms with Gasteiger partial charge in [0.1, 0.15) is 12.4 Å². The van der Waals surface area contributed by atoms with Crippen LogP contribution in [0.3, 0.4) is 0 Å². The fourth-order valence-corrected chi connectivity index (χ4v) is 3.03. The minimum atomic E-state index is -4.56. The molecule has 0 aliphatic rings. The molecule has 0 aliphatic carbocycles. The van der Waals surface area contributed by atoms with Crippen molar-refractivity contribution in [2.45, 2.75) is 19.7 Å². The molecule has 0 saturated carbocycles. The van der Waals surface area contributed by atoms with Crippen molar-refractivity contribution < 1.29 is 17.9 Å². The predicted octanol–water partition coefficient (Wildman–Crippen LogP) is 6.19. The van der Waals surface area contributed by atoms with Crippen LogP contribution in [0.4, 0.5) is 13.2 Å². The molecular weight excluding hydrogens is 433 g/mol. The van der Waals surface area contributed by atoms with Crippen LogP contribution in [0.5, 0.6) is 5.75 Å². The molecule has 3 aromatic rings. The van der Waals surface area contributed by atoms with Gasteiger partial charge in [-0.05, 0) is 42.8 Å². The van der Waals surface area contributed by atoms with Gasteiger partial charge in [0.25, 0.3) is 0 Å². The van der Waals surface area contributed by atoms with Crippen molar-refractivity contribution in [1.82, 2.24) is 9.55 Å². The third-order valence-corrected chi connectivity index (χ3v) is 4.51. The third-order valence-electron chi connectivity index (χ3n) is 3.68. The second kappa shape index (κ2) is 7.32. The van der Waals surface area contributed by atoms with E-state index in [4.69, 9.17) is 16.3 Å². The Labute approximate surface area is 161 Å². The van der Waals surface area contributed by atoms with E-state index in [2.05, 4.69) is 20.9 Å². The van der Waals surface area contributed by atoms with E-state index < -0.39 is 11.9 Å². The zero-order valence-electron chi connectivity index (χ0n) is 13.5. The largest absolute Gasteiger partial charge is 0.486 e. The Morgan fingerprint density at radius 3 is 2.46 bits per heavy atom. The molecule has 0 atom stereocenters. The molecule has 3 nitrogen and oxygen atoms in total. The highest BCUT2D eigenvalue weighted by Crippen LogP contribution is 2.32. The summed E-state index contributed by atoms with van der Waals surface area (Å²) in [5, 5.41) is 0.334. The van der Waals surface area contributed by atoms with Gasteiger partial charge in [0.2, 0.25) is 0 Å². The van der Waals surface area contributed by atoms with E-state index >= 15 is 0 Å². The molecule has 0 fully saturated rings. The zero-order chi connectivity index (χ0) is 18.9. The van der Waals surface area contributed by atoms with Crippen molar-refractivity contribution in [2.24, 2.45) is 0 Å². The average Bonchev–Trinajstić information content (AvgIpc) is 2.98. The lowest BCUT2D eigenvalue weighted by Gasteiger charge is -2.13. The van der Waals surface area contributed by atoms with Gasteiger partial charge in [-0.1, -0.05) is 39.7 Å². The quantitative estimate of drug-likeness (QED) is 0.478. The first-order chi connectivity index (χ1) is 12.3. The number of hydrogen-bond donors (Lipinski definition) is 0. The summed E-state index contributed by atoms with van der Waals surface area (Å²) in [7, 11) is 0. The number of rotatable bonds is 4. The molecule has 0 bridgehead atoms. The second-order valence-corrected chi connectivity index (χ2v) is 6.88. The van der Waals surface area contributed by atoms with Crippen LogP contribution in [-0.2, 0) is 12.8 Å². The average molecular weight is 446 g/mol. The Bertz CT molecular complexity index is 903. The molecule has 0 N–H and O–H groups in total. The lowest BCUT2D eigenvalue weighted by Crippen LogP contribution is -2.07. The normalized spacial score (nSPS) is 11.6. The molecule has 0 radical (unpaired) electrons. The summed E-state index contributed by atoms with van der Waals surface area (Å²) in [4.78, 5) is 3.72. The standard InChI is InChI=1S/C18H13BrClF3N2O/c1-11-3-2-4-14(20)17(11)25-9-15(18(21,22)23)24-16(25)10-26-13-7-5-12(19)6-8-13/h2-9H,10H2,1H3. The van der Waals surface area contributed by atoms with Gasteiger partial charge in [0.05, 0.1) is 10.7 Å². The molecule has 0 unspecified atom stereocenters. The van der Waals surface area contributed by atoms with Crippen molar-refractivity contribution >= 4 is 27.5 Å². The molecule has 0 aliphatic heterocycles. The minimum Gasteiger partial charge on any atom is -0.486 e. The van der Waals surface area contributed by atoms with Gasteiger partial charge in [0.15, 0.2) is 11.5 Å². The van der Waals surface area contributed by atoms with Gasteiger partial charge < -0.3 is 4.74 Å². The van der Waals surface area contributed by atoms with Crippen LogP contribution in [0.15, 0.2) is 53.1 Å². The van der Waals surface area contributed by atoms with Gasteiger partial charge >= 0.3 is 6.18 Å². The van der Waals surface area contributed by atoms with E-state index in [1.807, 2.05) is 0 Å². The molecule has 0 saturated heterocycles. The Morgan fingerprint density at radius 1 is 1.15 bits per heavy atom. The summed E-state index contributed by atoms with van der Waals surface area (Å²) in [6, 6.07) is 12.1. The molecule has 2 aromatic carbocycles. The Morgan fingerprint density at radius 2 is 1.85 bits per heavy atom. The number of halogens is 5. The van der Waals surface area contributed by atoms with Crippen LogP contribution in [0.25, 0.3) is 5.69 Å². The number of aryl methyl sites for hydroxylation is 1. The molecule has 0 spiro atoms. The van der Waals surface area contributed by atoms with E-state index in [0.29, 0.717) is 16.5 Å². The Kier molecular flexibility index (Phi) is 5.29. The number of aromatic nitrogens is 2. The van der Waals surface area contributed by atoms with Gasteiger partial charge in [-0.2, -0.15) is 13.2 Å². The molecule has 0 amide bonds. The minimum absolute atomic E-state index is 0.108. The van der Waals surface area contributed by atoms with E-state index in [-0.39, 0.29) is 12.4 Å². The van der Waals surface area contributed by atoms with Gasteiger partial charge in [-0.3, -0.25) is 4.57 Å². The number of alkyl halides is 3. The topological polar surface area (TPSA) is 27.1 Å². The number of nitrogens with zero attached hydrogens (tertiary/aromatic N) is 2. The molecule has 1 aromatic heterocycles. The highest BCUT2D eigenvalue weighted by molar-refractivity contribution is 9.10. The first kappa shape index (κ1) is 18.8. The summed E-state index contributed by atoms with van der Waals surface area (Å²) in [5.74, 6) is 0.628. The second-order valence-electron chi connectivity index (χ2n) is 5.56. The molecule has 136 valence electrons. The molecule has 26 heavy (non-hydrogen) atoms. The number of ether oxygens (including phenoxy) is 1. The van der Waals surface area contributed by atoms with Crippen molar-refractivity contribution in [3.8, 4) is 11.4 Å². The SMILES string of the molecule is Cc1cccc(Cl)c1-n1cc(C(F)(F)F)nc1COc1ccc(Br)cc1. The zero-order valence-corrected chi connectivity index (χ0v) is 15.9. The summed E-state index contributed by atoms with van der Waals surface area (Å²) in [6.45, 7) is 1.64. The highest BCUT2D eigenvalue weighted by Gasteiger charge is 2.35. The smallest absolute Gasteiger partial charge is 0.434 e. The first-order valence-electron chi connectivity index (χ1n) is 7.55. The highest BCUT2D eigenvalue weighted by atomic mass is 79.9. The van der Waals surface area contributed by atoms with Crippen LogP contribution < -0.4 is 4.74 Å². The van der Waals surface area contributed by atoms with Gasteiger partial charge in [-0.25, -0.2) is 4.98 Å². The lowest BCUT2D eigenvalue weighted by atomic mass is 10.2. The Balaban J connectivity index is 2.00. The van der Waals surface area contributed by atoms with E-state index in [1.54, 1.807) is 49.4 Å². The van der Waals surface area contributed by atoms with Crippen molar-refractivity contribution in [3.05, 3.63) is 75.2 Å². The van der Waals surface area contributed by atoms with Gasteiger partial charge in [0, 0.05) is 10.7 Å². The van der Waals surface area contributed by atoms with Crippen molar-refractivity contribution in [2.75, 3.05) is 0 Å². The summed E-state index contributed by atoms with van der Waals surface area (Å²) in [5.41, 5.74) is 0.186. The van der Waals surface area contributed by atoms with Crippen molar-refractivity contribution in [3.63, 3.8) is 0 Å². The summed E-state index contributed by atoms with van der Waals surface area (Å²) >= 11 is 9.53. The van der Waals surface area contributed by atoms with Crippen LogP contribution in [-0.4, -0.2) is 9.55 Å². The maximum atomic E-state index is 13.2. The van der Waals surface area contributed by atoms with E-state index in [1.165, 1.54) is 4.57 Å². The molecule has 1 heterocycles. The maximum Gasteiger partial charge on any atom is 0.434 e. The fourth-order valence-electron chi connectivity index (χ4n) is 2.46. The Hall–Kier alpha value is -1.99. The third kappa shape index (κ3) is 4.04.